The first-order valence-corrected chi connectivity index (χ1v) is 9.79. The summed E-state index contributed by atoms with van der Waals surface area (Å²) in [4.78, 5) is 2.30. The minimum atomic E-state index is -0.0783. The summed E-state index contributed by atoms with van der Waals surface area (Å²) in [7, 11) is 2.13. The van der Waals surface area contributed by atoms with Crippen LogP contribution in [0.4, 0.5) is 0 Å². The molecule has 4 aromatic rings. The van der Waals surface area contributed by atoms with Gasteiger partial charge in [0.05, 0.1) is 11.7 Å². The molecule has 4 rings (SSSR count). The molecule has 0 spiro atoms. The second-order valence-electron chi connectivity index (χ2n) is 7.39. The number of nitrogens with zero attached hydrogens (tertiary/aromatic N) is 5. The van der Waals surface area contributed by atoms with Gasteiger partial charge >= 0.3 is 0 Å². The van der Waals surface area contributed by atoms with Crippen LogP contribution in [0.2, 0.25) is 0 Å². The van der Waals surface area contributed by atoms with E-state index in [1.807, 2.05) is 22.9 Å². The first kappa shape index (κ1) is 19.0. The maximum atomic E-state index is 4.46. The molecule has 0 aliphatic rings. The van der Waals surface area contributed by atoms with Crippen molar-refractivity contribution in [3.63, 3.8) is 0 Å². The van der Waals surface area contributed by atoms with E-state index in [0.29, 0.717) is 0 Å². The molecule has 29 heavy (non-hydrogen) atoms. The summed E-state index contributed by atoms with van der Waals surface area (Å²) < 4.78 is 1.86. The Morgan fingerprint density at radius 1 is 0.828 bits per heavy atom. The largest absolute Gasteiger partial charge is 0.288 e. The Kier molecular flexibility index (Phi) is 5.49. The number of aryl methyl sites for hydroxylation is 2. The van der Waals surface area contributed by atoms with Crippen LogP contribution in [0, 0.1) is 13.8 Å². The fourth-order valence-corrected chi connectivity index (χ4v) is 3.72. The Labute approximate surface area is 171 Å². The normalized spacial score (nSPS) is 12.3. The van der Waals surface area contributed by atoms with Gasteiger partial charge in [-0.25, -0.2) is 0 Å². The summed E-state index contributed by atoms with van der Waals surface area (Å²) in [6, 6.07) is 27.0. The highest BCUT2D eigenvalue weighted by Gasteiger charge is 2.26. The molecule has 0 aliphatic heterocycles. The molecule has 0 unspecified atom stereocenters. The zero-order valence-corrected chi connectivity index (χ0v) is 17.0. The van der Waals surface area contributed by atoms with Crippen molar-refractivity contribution in [2.75, 3.05) is 7.05 Å². The van der Waals surface area contributed by atoms with Gasteiger partial charge in [0, 0.05) is 6.54 Å². The molecule has 0 saturated carbocycles. The number of benzene rings is 3. The van der Waals surface area contributed by atoms with Crippen LogP contribution in [0.15, 0.2) is 78.9 Å². The van der Waals surface area contributed by atoms with E-state index in [-0.39, 0.29) is 6.04 Å². The fraction of sp³-hybridized carbons (Fsp3) is 0.208. The molecule has 0 N–H and O–H groups in total. The van der Waals surface area contributed by atoms with E-state index in [1.54, 1.807) is 0 Å². The van der Waals surface area contributed by atoms with Crippen LogP contribution in [0.5, 0.6) is 0 Å². The number of hydrogen-bond donors (Lipinski definition) is 0. The Morgan fingerprint density at radius 3 is 2.21 bits per heavy atom. The monoisotopic (exact) mass is 383 g/mol. The highest BCUT2D eigenvalue weighted by atomic mass is 15.6. The van der Waals surface area contributed by atoms with Crippen LogP contribution in [0.3, 0.4) is 0 Å². The lowest BCUT2D eigenvalue weighted by Gasteiger charge is -2.28. The number of aromatic nitrogens is 4. The van der Waals surface area contributed by atoms with Crippen LogP contribution in [0.1, 0.15) is 34.1 Å². The van der Waals surface area contributed by atoms with E-state index < -0.39 is 0 Å². The maximum absolute atomic E-state index is 4.46. The third kappa shape index (κ3) is 3.96. The van der Waals surface area contributed by atoms with Gasteiger partial charge in [-0.3, -0.25) is 4.90 Å². The van der Waals surface area contributed by atoms with E-state index >= 15 is 0 Å². The van der Waals surface area contributed by atoms with Crippen LogP contribution in [0.25, 0.3) is 5.69 Å². The third-order valence-electron chi connectivity index (χ3n) is 5.32. The average molecular weight is 383 g/mol. The van der Waals surface area contributed by atoms with Gasteiger partial charge in [0.2, 0.25) is 0 Å². The predicted octanol–water partition coefficient (Wildman–Crippen LogP) is 4.50. The lowest BCUT2D eigenvalue weighted by Crippen LogP contribution is -2.28. The molecule has 1 atom stereocenters. The van der Waals surface area contributed by atoms with E-state index in [0.717, 1.165) is 29.2 Å². The number of rotatable bonds is 6. The predicted molar refractivity (Wildman–Crippen MR) is 115 cm³/mol. The summed E-state index contributed by atoms with van der Waals surface area (Å²) in [6.45, 7) is 5.03. The molecule has 0 radical (unpaired) electrons. The number of para-hydroxylation sites is 1. The molecule has 0 saturated heterocycles. The maximum Gasteiger partial charge on any atom is 0.178 e. The first-order valence-electron chi connectivity index (χ1n) is 9.79. The van der Waals surface area contributed by atoms with Crippen molar-refractivity contribution in [2.45, 2.75) is 26.4 Å². The van der Waals surface area contributed by atoms with Crippen molar-refractivity contribution < 1.29 is 0 Å². The van der Waals surface area contributed by atoms with Crippen LogP contribution < -0.4 is 0 Å². The Balaban J connectivity index is 1.78. The lowest BCUT2D eigenvalue weighted by molar-refractivity contribution is 0.258. The molecule has 1 aromatic heterocycles. The van der Waals surface area contributed by atoms with E-state index in [2.05, 4.69) is 102 Å². The van der Waals surface area contributed by atoms with E-state index in [4.69, 9.17) is 0 Å². The molecular formula is C24H25N5. The first-order chi connectivity index (χ1) is 14.1. The van der Waals surface area contributed by atoms with Gasteiger partial charge in [-0.1, -0.05) is 72.8 Å². The summed E-state index contributed by atoms with van der Waals surface area (Å²) in [5.41, 5.74) is 5.87. The summed E-state index contributed by atoms with van der Waals surface area (Å²) in [5.74, 6) is 0.807. The quantitative estimate of drug-likeness (QED) is 0.492. The Morgan fingerprint density at radius 2 is 1.48 bits per heavy atom. The highest BCUT2D eigenvalue weighted by Crippen LogP contribution is 2.29. The summed E-state index contributed by atoms with van der Waals surface area (Å²) in [6.07, 6.45) is 0. The van der Waals surface area contributed by atoms with Crippen molar-refractivity contribution in [3.8, 4) is 5.69 Å². The molecule has 3 aromatic carbocycles. The van der Waals surface area contributed by atoms with Gasteiger partial charge in [0.25, 0.3) is 0 Å². The topological polar surface area (TPSA) is 46.8 Å². The summed E-state index contributed by atoms with van der Waals surface area (Å²) in [5, 5.41) is 12.8. The SMILES string of the molecule is Cc1ccccc1CN(C)[C@@H](c1ccccc1)c1nnnn1-c1ccccc1C. The molecule has 5 nitrogen and oxygen atoms in total. The zero-order chi connectivity index (χ0) is 20.2. The van der Waals surface area contributed by atoms with Crippen molar-refractivity contribution in [2.24, 2.45) is 0 Å². The van der Waals surface area contributed by atoms with Crippen LogP contribution in [-0.4, -0.2) is 32.2 Å². The van der Waals surface area contributed by atoms with Crippen LogP contribution in [-0.2, 0) is 6.54 Å². The molecule has 146 valence electrons. The Hall–Kier alpha value is -3.31. The van der Waals surface area contributed by atoms with Crippen molar-refractivity contribution in [1.29, 1.82) is 0 Å². The van der Waals surface area contributed by atoms with Gasteiger partial charge in [-0.15, -0.1) is 5.10 Å². The van der Waals surface area contributed by atoms with Gasteiger partial charge in [-0.2, -0.15) is 4.68 Å². The molecule has 1 heterocycles. The van der Waals surface area contributed by atoms with Gasteiger partial charge in [-0.05, 0) is 59.6 Å². The smallest absolute Gasteiger partial charge is 0.178 e. The molecular weight excluding hydrogens is 358 g/mol. The third-order valence-corrected chi connectivity index (χ3v) is 5.32. The van der Waals surface area contributed by atoms with Gasteiger partial charge in [0.15, 0.2) is 5.82 Å². The number of tetrazole rings is 1. The minimum absolute atomic E-state index is 0.0783. The van der Waals surface area contributed by atoms with Gasteiger partial charge in [0.1, 0.15) is 0 Å². The second-order valence-corrected chi connectivity index (χ2v) is 7.39. The number of hydrogen-bond acceptors (Lipinski definition) is 4. The van der Waals surface area contributed by atoms with Crippen LogP contribution >= 0.6 is 0 Å². The van der Waals surface area contributed by atoms with Gasteiger partial charge < -0.3 is 0 Å². The van der Waals surface area contributed by atoms with Crippen molar-refractivity contribution in [1.82, 2.24) is 25.1 Å². The molecule has 0 bridgehead atoms. The minimum Gasteiger partial charge on any atom is -0.288 e. The van der Waals surface area contributed by atoms with Crippen molar-refractivity contribution >= 4 is 0 Å². The second kappa shape index (κ2) is 8.37. The fourth-order valence-electron chi connectivity index (χ4n) is 3.72. The molecule has 0 amide bonds. The highest BCUT2D eigenvalue weighted by molar-refractivity contribution is 5.41. The zero-order valence-electron chi connectivity index (χ0n) is 17.0. The van der Waals surface area contributed by atoms with E-state index in [1.165, 1.54) is 11.1 Å². The van der Waals surface area contributed by atoms with E-state index in [9.17, 15) is 0 Å². The Bertz CT molecular complexity index is 1090. The lowest BCUT2D eigenvalue weighted by atomic mass is 10.0. The molecule has 0 fully saturated rings. The standard InChI is InChI=1S/C24H25N5/c1-18-11-7-9-15-21(18)17-28(3)23(20-13-5-4-6-14-20)24-25-26-27-29(24)22-16-10-8-12-19(22)2/h4-16,23H,17H2,1-3H3/t23-/m0/s1. The summed E-state index contributed by atoms with van der Waals surface area (Å²) >= 11 is 0. The van der Waals surface area contributed by atoms with Crippen molar-refractivity contribution in [3.05, 3.63) is 107 Å². The molecule has 5 heteroatoms. The average Bonchev–Trinajstić information content (AvgIpc) is 3.20. The molecule has 0 aliphatic carbocycles.